The van der Waals surface area contributed by atoms with Gasteiger partial charge in [-0.05, 0) is 52.3 Å². The summed E-state index contributed by atoms with van der Waals surface area (Å²) in [5.74, 6) is 0.573. The van der Waals surface area contributed by atoms with E-state index in [1.54, 1.807) is 13.3 Å². The monoisotopic (exact) mass is 280 g/mol. The zero-order chi connectivity index (χ0) is 15.3. The van der Waals surface area contributed by atoms with Gasteiger partial charge in [-0.1, -0.05) is 0 Å². The number of methoxy groups -OCH3 is 1. The third-order valence-corrected chi connectivity index (χ3v) is 2.59. The molecule has 0 spiro atoms. The normalized spacial score (nSPS) is 12.9. The number of anilines is 1. The molecular weight excluding hydrogens is 256 g/mol. The van der Waals surface area contributed by atoms with E-state index in [1.165, 1.54) is 4.90 Å². The lowest BCUT2D eigenvalue weighted by molar-refractivity contribution is 0.0545. The molecule has 0 fully saturated rings. The highest BCUT2D eigenvalue weighted by molar-refractivity contribution is 5.87. The summed E-state index contributed by atoms with van der Waals surface area (Å²) in [5, 5.41) is 0. The highest BCUT2D eigenvalue weighted by Crippen LogP contribution is 2.19. The van der Waals surface area contributed by atoms with Crippen molar-refractivity contribution in [1.29, 1.82) is 0 Å². The number of hydrogen-bond acceptors (Lipinski definition) is 4. The van der Waals surface area contributed by atoms with E-state index in [9.17, 15) is 4.79 Å². The standard InChI is InChI=1S/C15H24N2O3/c1-11-7-8-16-13(9-11)17(12(2)10-19-6)14(18)20-15(3,4)5/h7-9,12H,10H2,1-6H3/t12-/m0/s1. The van der Waals surface area contributed by atoms with Gasteiger partial charge in [0.1, 0.15) is 11.4 Å². The second-order valence-electron chi connectivity index (χ2n) is 5.85. The van der Waals surface area contributed by atoms with Crippen molar-refractivity contribution in [3.8, 4) is 0 Å². The van der Waals surface area contributed by atoms with Gasteiger partial charge in [-0.15, -0.1) is 0 Å². The summed E-state index contributed by atoms with van der Waals surface area (Å²) in [6, 6.07) is 3.58. The van der Waals surface area contributed by atoms with Crippen molar-refractivity contribution < 1.29 is 14.3 Å². The fraction of sp³-hybridized carbons (Fsp3) is 0.600. The Morgan fingerprint density at radius 2 is 2.10 bits per heavy atom. The first-order valence-corrected chi connectivity index (χ1v) is 6.68. The molecule has 0 aliphatic heterocycles. The second-order valence-corrected chi connectivity index (χ2v) is 5.85. The molecule has 0 aliphatic carbocycles. The lowest BCUT2D eigenvalue weighted by atomic mass is 10.2. The van der Waals surface area contributed by atoms with E-state index in [2.05, 4.69) is 4.98 Å². The Kier molecular flexibility index (Phi) is 5.51. The van der Waals surface area contributed by atoms with Gasteiger partial charge in [-0.3, -0.25) is 4.90 Å². The molecule has 5 heteroatoms. The molecule has 1 atom stereocenters. The lowest BCUT2D eigenvalue weighted by Crippen LogP contribution is -2.44. The Bertz CT molecular complexity index is 455. The number of amides is 1. The summed E-state index contributed by atoms with van der Waals surface area (Å²) in [4.78, 5) is 18.2. The van der Waals surface area contributed by atoms with Crippen molar-refractivity contribution >= 4 is 11.9 Å². The summed E-state index contributed by atoms with van der Waals surface area (Å²) < 4.78 is 10.6. The Morgan fingerprint density at radius 1 is 1.45 bits per heavy atom. The minimum Gasteiger partial charge on any atom is -0.443 e. The van der Waals surface area contributed by atoms with E-state index in [0.717, 1.165) is 5.56 Å². The van der Waals surface area contributed by atoms with Gasteiger partial charge >= 0.3 is 6.09 Å². The van der Waals surface area contributed by atoms with E-state index >= 15 is 0 Å². The molecule has 1 rings (SSSR count). The summed E-state index contributed by atoms with van der Waals surface area (Å²) in [6.07, 6.45) is 1.27. The summed E-state index contributed by atoms with van der Waals surface area (Å²) >= 11 is 0. The van der Waals surface area contributed by atoms with Crippen molar-refractivity contribution in [3.05, 3.63) is 23.9 Å². The fourth-order valence-electron chi connectivity index (χ4n) is 1.78. The number of carbonyl (C=O) groups excluding carboxylic acids is 1. The van der Waals surface area contributed by atoms with Crippen LogP contribution in [0.25, 0.3) is 0 Å². The molecule has 5 nitrogen and oxygen atoms in total. The molecule has 1 amide bonds. The highest BCUT2D eigenvalue weighted by Gasteiger charge is 2.28. The summed E-state index contributed by atoms with van der Waals surface area (Å²) in [5.41, 5.74) is 0.486. The Hall–Kier alpha value is -1.62. The summed E-state index contributed by atoms with van der Waals surface area (Å²) in [7, 11) is 1.60. The van der Waals surface area contributed by atoms with Gasteiger partial charge in [0.05, 0.1) is 12.6 Å². The third kappa shape index (κ3) is 4.81. The Labute approximate surface area is 120 Å². The molecular formula is C15H24N2O3. The van der Waals surface area contributed by atoms with Crippen LogP contribution in [0, 0.1) is 6.92 Å². The molecule has 1 aromatic rings. The molecule has 0 aromatic carbocycles. The minimum absolute atomic E-state index is 0.163. The number of aryl methyl sites for hydroxylation is 1. The third-order valence-electron chi connectivity index (χ3n) is 2.59. The number of ether oxygens (including phenoxy) is 2. The first-order chi connectivity index (χ1) is 9.24. The first-order valence-electron chi connectivity index (χ1n) is 6.68. The van der Waals surface area contributed by atoms with Crippen molar-refractivity contribution in [1.82, 2.24) is 4.98 Å². The zero-order valence-corrected chi connectivity index (χ0v) is 13.1. The predicted molar refractivity (Wildman–Crippen MR) is 79.0 cm³/mol. The number of nitrogens with zero attached hydrogens (tertiary/aromatic N) is 2. The predicted octanol–water partition coefficient (Wildman–Crippen LogP) is 3.17. The number of carbonyl (C=O) groups is 1. The van der Waals surface area contributed by atoms with E-state index in [-0.39, 0.29) is 6.04 Å². The van der Waals surface area contributed by atoms with Gasteiger partial charge in [0.25, 0.3) is 0 Å². The molecule has 0 N–H and O–H groups in total. The Balaban J connectivity index is 3.05. The molecule has 1 heterocycles. The van der Waals surface area contributed by atoms with E-state index in [1.807, 2.05) is 46.8 Å². The van der Waals surface area contributed by atoms with Gasteiger partial charge < -0.3 is 9.47 Å². The SMILES string of the molecule is COC[C@H](C)N(C(=O)OC(C)(C)C)c1cc(C)ccn1. The number of aromatic nitrogens is 1. The van der Waals surface area contributed by atoms with E-state index < -0.39 is 11.7 Å². The van der Waals surface area contributed by atoms with Crippen LogP contribution in [0.1, 0.15) is 33.3 Å². The number of pyridine rings is 1. The quantitative estimate of drug-likeness (QED) is 0.850. The average molecular weight is 280 g/mol. The van der Waals surface area contributed by atoms with Crippen LogP contribution in [0.4, 0.5) is 10.6 Å². The molecule has 112 valence electrons. The van der Waals surface area contributed by atoms with Crippen LogP contribution in [0.2, 0.25) is 0 Å². The van der Waals surface area contributed by atoms with Crippen LogP contribution < -0.4 is 4.90 Å². The van der Waals surface area contributed by atoms with Crippen molar-refractivity contribution in [2.45, 2.75) is 46.3 Å². The van der Waals surface area contributed by atoms with Crippen molar-refractivity contribution in [2.75, 3.05) is 18.6 Å². The molecule has 0 aliphatic rings. The number of hydrogen-bond donors (Lipinski definition) is 0. The van der Waals surface area contributed by atoms with Crippen LogP contribution in [0.5, 0.6) is 0 Å². The topological polar surface area (TPSA) is 51.7 Å². The first kappa shape index (κ1) is 16.4. The lowest BCUT2D eigenvalue weighted by Gasteiger charge is -2.30. The van der Waals surface area contributed by atoms with Crippen LogP contribution in [-0.2, 0) is 9.47 Å². The maximum Gasteiger partial charge on any atom is 0.416 e. The molecule has 0 saturated carbocycles. The maximum atomic E-state index is 12.4. The van der Waals surface area contributed by atoms with Gasteiger partial charge in [0.2, 0.25) is 0 Å². The largest absolute Gasteiger partial charge is 0.443 e. The van der Waals surface area contributed by atoms with Gasteiger partial charge in [-0.2, -0.15) is 0 Å². The molecule has 20 heavy (non-hydrogen) atoms. The summed E-state index contributed by atoms with van der Waals surface area (Å²) in [6.45, 7) is 9.79. The fourth-order valence-corrected chi connectivity index (χ4v) is 1.78. The second kappa shape index (κ2) is 6.70. The van der Waals surface area contributed by atoms with Gasteiger partial charge in [0, 0.05) is 13.3 Å². The zero-order valence-electron chi connectivity index (χ0n) is 13.1. The molecule has 0 bridgehead atoms. The van der Waals surface area contributed by atoms with Gasteiger partial charge in [0.15, 0.2) is 0 Å². The molecule has 1 aromatic heterocycles. The van der Waals surface area contributed by atoms with Crippen LogP contribution in [0.15, 0.2) is 18.3 Å². The van der Waals surface area contributed by atoms with Gasteiger partial charge in [-0.25, -0.2) is 9.78 Å². The molecule has 0 radical (unpaired) electrons. The van der Waals surface area contributed by atoms with Crippen LogP contribution >= 0.6 is 0 Å². The van der Waals surface area contributed by atoms with E-state index in [4.69, 9.17) is 9.47 Å². The molecule has 0 saturated heterocycles. The van der Waals surface area contributed by atoms with Crippen molar-refractivity contribution in [2.24, 2.45) is 0 Å². The number of rotatable bonds is 4. The van der Waals surface area contributed by atoms with Crippen molar-refractivity contribution in [3.63, 3.8) is 0 Å². The average Bonchev–Trinajstić information content (AvgIpc) is 2.26. The maximum absolute atomic E-state index is 12.4. The minimum atomic E-state index is -0.550. The smallest absolute Gasteiger partial charge is 0.416 e. The Morgan fingerprint density at radius 3 is 2.60 bits per heavy atom. The highest BCUT2D eigenvalue weighted by atomic mass is 16.6. The van der Waals surface area contributed by atoms with E-state index in [0.29, 0.717) is 12.4 Å². The van der Waals surface area contributed by atoms with Crippen LogP contribution in [-0.4, -0.2) is 36.4 Å². The molecule has 0 unspecified atom stereocenters. The van der Waals surface area contributed by atoms with Crippen LogP contribution in [0.3, 0.4) is 0 Å².